The van der Waals surface area contributed by atoms with Crippen LogP contribution in [-0.2, 0) is 6.54 Å². The Morgan fingerprint density at radius 2 is 2.16 bits per heavy atom. The molecule has 0 fully saturated rings. The molecule has 0 spiro atoms. The number of nitriles is 1. The fourth-order valence-corrected chi connectivity index (χ4v) is 2.28. The summed E-state index contributed by atoms with van der Waals surface area (Å²) >= 11 is 0. The van der Waals surface area contributed by atoms with Gasteiger partial charge in [-0.1, -0.05) is 19.9 Å². The summed E-state index contributed by atoms with van der Waals surface area (Å²) in [5.41, 5.74) is 1.91. The maximum Gasteiger partial charge on any atom is 0.0998 e. The summed E-state index contributed by atoms with van der Waals surface area (Å²) in [4.78, 5) is 0. The van der Waals surface area contributed by atoms with E-state index in [-0.39, 0.29) is 0 Å². The third-order valence-corrected chi connectivity index (χ3v) is 3.24. The molecule has 2 aromatic rings. The van der Waals surface area contributed by atoms with Gasteiger partial charge in [-0.05, 0) is 43.6 Å². The van der Waals surface area contributed by atoms with Crippen LogP contribution < -0.4 is 5.32 Å². The van der Waals surface area contributed by atoms with E-state index in [1.54, 1.807) is 0 Å². The molecule has 0 atom stereocenters. The Balaban J connectivity index is 1.97. The highest BCUT2D eigenvalue weighted by Crippen LogP contribution is 2.19. The number of nitrogens with one attached hydrogen (secondary N) is 1. The summed E-state index contributed by atoms with van der Waals surface area (Å²) in [5, 5.41) is 13.6. The molecule has 0 radical (unpaired) electrons. The zero-order valence-corrected chi connectivity index (χ0v) is 11.7. The predicted molar refractivity (Wildman–Crippen MR) is 79.0 cm³/mol. The van der Waals surface area contributed by atoms with Crippen LogP contribution in [0.15, 0.2) is 30.5 Å². The second-order valence-corrected chi connectivity index (χ2v) is 5.31. The van der Waals surface area contributed by atoms with E-state index in [0.717, 1.165) is 42.5 Å². The fourth-order valence-electron chi connectivity index (χ4n) is 2.28. The van der Waals surface area contributed by atoms with Crippen LogP contribution in [-0.4, -0.2) is 17.7 Å². The Morgan fingerprint density at radius 3 is 2.89 bits per heavy atom. The average Bonchev–Trinajstić information content (AvgIpc) is 2.81. The van der Waals surface area contributed by atoms with Gasteiger partial charge in [0.2, 0.25) is 0 Å². The highest BCUT2D eigenvalue weighted by atomic mass is 15.0. The number of nitrogens with zero attached hydrogens (tertiary/aromatic N) is 2. The van der Waals surface area contributed by atoms with E-state index in [0.29, 0.717) is 5.92 Å². The third-order valence-electron chi connectivity index (χ3n) is 3.24. The van der Waals surface area contributed by atoms with Gasteiger partial charge in [0.15, 0.2) is 0 Å². The van der Waals surface area contributed by atoms with Crippen molar-refractivity contribution in [3.8, 4) is 6.07 Å². The zero-order chi connectivity index (χ0) is 13.7. The van der Waals surface area contributed by atoms with E-state index in [1.165, 1.54) is 0 Å². The summed E-state index contributed by atoms with van der Waals surface area (Å²) in [6.45, 7) is 7.54. The molecule has 1 aromatic heterocycles. The van der Waals surface area contributed by atoms with Crippen LogP contribution in [0, 0.1) is 17.2 Å². The van der Waals surface area contributed by atoms with Crippen LogP contribution in [0.5, 0.6) is 0 Å². The van der Waals surface area contributed by atoms with Gasteiger partial charge in [0.25, 0.3) is 0 Å². The first-order valence-electron chi connectivity index (χ1n) is 6.91. The van der Waals surface area contributed by atoms with Crippen molar-refractivity contribution in [2.45, 2.75) is 26.8 Å². The number of aromatic nitrogens is 1. The molecule has 0 saturated heterocycles. The van der Waals surface area contributed by atoms with Gasteiger partial charge in [-0.3, -0.25) is 0 Å². The highest BCUT2D eigenvalue weighted by Gasteiger charge is 2.04. The summed E-state index contributed by atoms with van der Waals surface area (Å²) in [6, 6.07) is 10.2. The molecule has 0 unspecified atom stereocenters. The Morgan fingerprint density at radius 1 is 1.32 bits per heavy atom. The Kier molecular flexibility index (Phi) is 4.59. The number of hydrogen-bond acceptors (Lipinski definition) is 2. The number of benzene rings is 1. The van der Waals surface area contributed by atoms with Gasteiger partial charge >= 0.3 is 0 Å². The molecule has 0 aliphatic rings. The van der Waals surface area contributed by atoms with Crippen molar-refractivity contribution < 1.29 is 0 Å². The van der Waals surface area contributed by atoms with E-state index in [9.17, 15) is 0 Å². The van der Waals surface area contributed by atoms with Crippen molar-refractivity contribution in [3.05, 3.63) is 36.0 Å². The van der Waals surface area contributed by atoms with Crippen molar-refractivity contribution in [1.29, 1.82) is 5.26 Å². The van der Waals surface area contributed by atoms with Gasteiger partial charge in [-0.25, -0.2) is 0 Å². The Hall–Kier alpha value is -1.79. The van der Waals surface area contributed by atoms with E-state index < -0.39 is 0 Å². The van der Waals surface area contributed by atoms with Crippen molar-refractivity contribution in [1.82, 2.24) is 9.88 Å². The number of fused-ring (bicyclic) bond motifs is 1. The Bertz CT molecular complexity index is 575. The summed E-state index contributed by atoms with van der Waals surface area (Å²) in [7, 11) is 0. The first-order valence-corrected chi connectivity index (χ1v) is 6.91. The summed E-state index contributed by atoms with van der Waals surface area (Å²) in [5.74, 6) is 0.700. The molecule has 1 N–H and O–H groups in total. The standard InChI is InChI=1S/C16H21N3/c1-13(2)12-18-8-4-9-19-10-7-15-14(11-17)5-3-6-16(15)19/h3,5-7,10,13,18H,4,8-9,12H2,1-2H3. The maximum atomic E-state index is 9.07. The number of rotatable bonds is 6. The lowest BCUT2D eigenvalue weighted by Crippen LogP contribution is -2.21. The van der Waals surface area contributed by atoms with Crippen LogP contribution in [0.25, 0.3) is 10.9 Å². The molecule has 1 heterocycles. The lowest BCUT2D eigenvalue weighted by Gasteiger charge is -2.08. The van der Waals surface area contributed by atoms with Gasteiger partial charge in [-0.2, -0.15) is 5.26 Å². The van der Waals surface area contributed by atoms with Crippen LogP contribution in [0.1, 0.15) is 25.8 Å². The minimum atomic E-state index is 0.700. The second kappa shape index (κ2) is 6.40. The molecular formula is C16H21N3. The molecule has 2 rings (SSSR count). The highest BCUT2D eigenvalue weighted by molar-refractivity contribution is 5.85. The van der Waals surface area contributed by atoms with Crippen molar-refractivity contribution in [3.63, 3.8) is 0 Å². The predicted octanol–water partition coefficient (Wildman–Crippen LogP) is 3.15. The zero-order valence-electron chi connectivity index (χ0n) is 11.7. The molecule has 1 aromatic carbocycles. The molecule has 0 amide bonds. The van der Waals surface area contributed by atoms with E-state index in [2.05, 4.69) is 42.1 Å². The molecule has 100 valence electrons. The largest absolute Gasteiger partial charge is 0.347 e. The average molecular weight is 255 g/mol. The van der Waals surface area contributed by atoms with Crippen LogP contribution in [0.4, 0.5) is 0 Å². The van der Waals surface area contributed by atoms with Gasteiger partial charge < -0.3 is 9.88 Å². The van der Waals surface area contributed by atoms with Crippen molar-refractivity contribution >= 4 is 10.9 Å². The third kappa shape index (κ3) is 3.36. The normalized spacial score (nSPS) is 11.1. The van der Waals surface area contributed by atoms with Gasteiger partial charge in [0.1, 0.15) is 0 Å². The van der Waals surface area contributed by atoms with E-state index in [1.807, 2.05) is 18.2 Å². The lowest BCUT2D eigenvalue weighted by atomic mass is 10.1. The molecule has 3 heteroatoms. The maximum absolute atomic E-state index is 9.07. The molecular weight excluding hydrogens is 234 g/mol. The van der Waals surface area contributed by atoms with Crippen LogP contribution in [0.2, 0.25) is 0 Å². The molecule has 0 aliphatic carbocycles. The molecule has 0 bridgehead atoms. The first kappa shape index (κ1) is 13.6. The monoisotopic (exact) mass is 255 g/mol. The van der Waals surface area contributed by atoms with Crippen LogP contribution >= 0.6 is 0 Å². The van der Waals surface area contributed by atoms with Crippen molar-refractivity contribution in [2.24, 2.45) is 5.92 Å². The second-order valence-electron chi connectivity index (χ2n) is 5.31. The quantitative estimate of drug-likeness (QED) is 0.806. The molecule has 0 saturated carbocycles. The van der Waals surface area contributed by atoms with Crippen molar-refractivity contribution in [2.75, 3.05) is 13.1 Å². The molecule has 3 nitrogen and oxygen atoms in total. The fraction of sp³-hybridized carbons (Fsp3) is 0.438. The van der Waals surface area contributed by atoms with Gasteiger partial charge in [-0.15, -0.1) is 0 Å². The van der Waals surface area contributed by atoms with Crippen LogP contribution in [0.3, 0.4) is 0 Å². The smallest absolute Gasteiger partial charge is 0.0998 e. The topological polar surface area (TPSA) is 40.8 Å². The van der Waals surface area contributed by atoms with Gasteiger partial charge in [0.05, 0.1) is 11.6 Å². The molecule has 0 aliphatic heterocycles. The van der Waals surface area contributed by atoms with E-state index >= 15 is 0 Å². The Labute approximate surface area is 114 Å². The molecule has 19 heavy (non-hydrogen) atoms. The minimum absolute atomic E-state index is 0.700. The number of aryl methyl sites for hydroxylation is 1. The number of hydrogen-bond donors (Lipinski definition) is 1. The minimum Gasteiger partial charge on any atom is -0.347 e. The summed E-state index contributed by atoms with van der Waals surface area (Å²) in [6.07, 6.45) is 3.18. The lowest BCUT2D eigenvalue weighted by molar-refractivity contribution is 0.525. The van der Waals surface area contributed by atoms with Gasteiger partial charge in [0, 0.05) is 23.6 Å². The SMILES string of the molecule is CC(C)CNCCCn1ccc2c(C#N)cccc21. The first-order chi connectivity index (χ1) is 9.22. The summed E-state index contributed by atoms with van der Waals surface area (Å²) < 4.78 is 2.23. The van der Waals surface area contributed by atoms with E-state index in [4.69, 9.17) is 5.26 Å².